The summed E-state index contributed by atoms with van der Waals surface area (Å²) in [4.78, 5) is 0. The number of nitrogens with zero attached hydrogens (tertiary/aromatic N) is 3. The van der Waals surface area contributed by atoms with E-state index >= 15 is 0 Å². The van der Waals surface area contributed by atoms with E-state index in [0.29, 0.717) is 13.1 Å². The molecule has 0 radical (unpaired) electrons. The van der Waals surface area contributed by atoms with Gasteiger partial charge >= 0.3 is 0 Å². The quantitative estimate of drug-likeness (QED) is 0.465. The van der Waals surface area contributed by atoms with Crippen LogP contribution in [-0.4, -0.2) is 35.6 Å². The van der Waals surface area contributed by atoms with Crippen LogP contribution in [0.3, 0.4) is 0 Å². The zero-order chi connectivity index (χ0) is 22.3. The van der Waals surface area contributed by atoms with Crippen molar-refractivity contribution in [3.63, 3.8) is 0 Å². The molecule has 0 saturated carbocycles. The van der Waals surface area contributed by atoms with Crippen molar-refractivity contribution in [3.8, 4) is 5.69 Å². The summed E-state index contributed by atoms with van der Waals surface area (Å²) in [6.07, 6.45) is 3.36. The van der Waals surface area contributed by atoms with Gasteiger partial charge < -0.3 is 0 Å². The number of aryl methyl sites for hydroxylation is 1. The second-order valence-corrected chi connectivity index (χ2v) is 9.62. The van der Waals surface area contributed by atoms with Gasteiger partial charge in [-0.3, -0.25) is 0 Å². The highest BCUT2D eigenvalue weighted by atomic mass is 32.2. The summed E-state index contributed by atoms with van der Waals surface area (Å²) in [5.41, 5.74) is 4.89. The summed E-state index contributed by atoms with van der Waals surface area (Å²) in [6, 6.07) is 20.8. The predicted molar refractivity (Wildman–Crippen MR) is 124 cm³/mol. The number of benzene rings is 3. The maximum Gasteiger partial charge on any atom is 0.203 e. The largest absolute Gasteiger partial charge is 0.233 e. The summed E-state index contributed by atoms with van der Waals surface area (Å²) < 4.78 is 40.3. The van der Waals surface area contributed by atoms with Crippen LogP contribution in [0.5, 0.6) is 0 Å². The van der Waals surface area contributed by atoms with Crippen molar-refractivity contribution in [2.24, 2.45) is 0 Å². The maximum atomic E-state index is 13.4. The lowest BCUT2D eigenvalue weighted by Gasteiger charge is -2.31. The van der Waals surface area contributed by atoms with Gasteiger partial charge in [0.15, 0.2) is 0 Å². The second kappa shape index (κ2) is 8.15. The van der Waals surface area contributed by atoms with Crippen LogP contribution in [0.2, 0.25) is 0 Å². The fraction of sp³-hybridized carbons (Fsp3) is 0.240. The van der Waals surface area contributed by atoms with Gasteiger partial charge in [-0.25, -0.2) is 21.8 Å². The highest BCUT2D eigenvalue weighted by molar-refractivity contribution is 7.69. The van der Waals surface area contributed by atoms with Gasteiger partial charge in [-0.05, 0) is 72.9 Å². The summed E-state index contributed by atoms with van der Waals surface area (Å²) >= 11 is 0. The Morgan fingerprint density at radius 3 is 2.50 bits per heavy atom. The molecule has 1 saturated heterocycles. The number of rotatable bonds is 5. The molecule has 1 aromatic heterocycles. The Kier molecular flexibility index (Phi) is 5.31. The lowest BCUT2D eigenvalue weighted by Crippen LogP contribution is -2.33. The normalized spacial score (nSPS) is 19.2. The second-order valence-electron chi connectivity index (χ2n) is 8.58. The first-order valence-corrected chi connectivity index (χ1v) is 11.8. The molecule has 32 heavy (non-hydrogen) atoms. The molecule has 0 spiro atoms. The van der Waals surface area contributed by atoms with Gasteiger partial charge in [-0.2, -0.15) is 5.10 Å². The molecule has 0 N–H and O–H groups in total. The van der Waals surface area contributed by atoms with Crippen LogP contribution in [0.15, 0.2) is 72.9 Å². The first-order valence-electron chi connectivity index (χ1n) is 10.6. The minimum atomic E-state index is -2.61. The molecule has 0 aliphatic carbocycles. The van der Waals surface area contributed by atoms with Crippen molar-refractivity contribution in [1.29, 1.82) is 0 Å². The van der Waals surface area contributed by atoms with Crippen LogP contribution < -0.4 is 0 Å². The minimum Gasteiger partial charge on any atom is -0.233 e. The summed E-state index contributed by atoms with van der Waals surface area (Å²) in [6.45, 7) is 3.07. The summed E-state index contributed by atoms with van der Waals surface area (Å²) in [5.74, 6) is -0.283. The van der Waals surface area contributed by atoms with Crippen LogP contribution in [0.4, 0.5) is 4.39 Å². The fourth-order valence-electron chi connectivity index (χ4n) is 4.97. The molecule has 1 unspecified atom stereocenters. The van der Waals surface area contributed by atoms with Crippen molar-refractivity contribution < 1.29 is 12.8 Å². The van der Waals surface area contributed by atoms with E-state index in [-0.39, 0.29) is 11.2 Å². The van der Waals surface area contributed by atoms with E-state index in [0.717, 1.165) is 40.6 Å². The van der Waals surface area contributed by atoms with Crippen LogP contribution in [-0.2, 0) is 22.7 Å². The minimum absolute atomic E-state index is 0.283. The third kappa shape index (κ3) is 3.72. The van der Waals surface area contributed by atoms with E-state index in [1.807, 2.05) is 29.1 Å². The molecule has 164 valence electrons. The zero-order valence-corrected chi connectivity index (χ0v) is 18.6. The van der Waals surface area contributed by atoms with Crippen molar-refractivity contribution in [1.82, 2.24) is 14.1 Å². The van der Waals surface area contributed by atoms with Crippen LogP contribution >= 0.6 is 0 Å². The first-order chi connectivity index (χ1) is 15.4. The molecule has 1 atom stereocenters. The molecule has 4 aromatic rings. The highest BCUT2D eigenvalue weighted by Crippen LogP contribution is 2.41. The van der Waals surface area contributed by atoms with Crippen molar-refractivity contribution >= 4 is 21.8 Å². The molecule has 1 aliphatic heterocycles. The summed E-state index contributed by atoms with van der Waals surface area (Å²) in [5, 5.41) is 5.52. The molecular weight excluding hydrogens is 425 g/mol. The smallest absolute Gasteiger partial charge is 0.203 e. The first kappa shape index (κ1) is 20.8. The van der Waals surface area contributed by atoms with E-state index in [1.165, 1.54) is 17.7 Å². The lowest BCUT2D eigenvalue weighted by molar-refractivity contribution is 0.421. The molecule has 2 heterocycles. The monoisotopic (exact) mass is 449 g/mol. The van der Waals surface area contributed by atoms with Crippen molar-refractivity contribution in [2.45, 2.75) is 25.2 Å². The van der Waals surface area contributed by atoms with E-state index in [4.69, 9.17) is 0 Å². The standard InChI is InChI=1S/C25H24FN3O2S/c1-18-13-24-20(16-27-29(24)22-9-7-21(26)8-10-22)14-23(18)25(11-12-28(17-25)32(30)31)15-19-5-3-2-4-6-19/h2-10,13-14,16,32H,11-12,15,17H2,1H3. The molecule has 7 heteroatoms. The van der Waals surface area contributed by atoms with E-state index in [2.05, 4.69) is 36.3 Å². The topological polar surface area (TPSA) is 55.2 Å². The van der Waals surface area contributed by atoms with Crippen molar-refractivity contribution in [2.75, 3.05) is 13.1 Å². The number of fused-ring (bicyclic) bond motifs is 1. The van der Waals surface area contributed by atoms with Crippen LogP contribution in [0, 0.1) is 12.7 Å². The van der Waals surface area contributed by atoms with E-state index in [9.17, 15) is 12.8 Å². The Labute approximate surface area is 188 Å². The highest BCUT2D eigenvalue weighted by Gasteiger charge is 2.41. The maximum absolute atomic E-state index is 13.4. The van der Waals surface area contributed by atoms with E-state index in [1.54, 1.807) is 16.4 Å². The van der Waals surface area contributed by atoms with Crippen LogP contribution in [0.1, 0.15) is 23.1 Å². The Bertz CT molecular complexity index is 1340. The van der Waals surface area contributed by atoms with Gasteiger partial charge in [-0.15, -0.1) is 0 Å². The van der Waals surface area contributed by atoms with Gasteiger partial charge in [0.1, 0.15) is 5.82 Å². The number of halogens is 1. The van der Waals surface area contributed by atoms with Gasteiger partial charge in [-0.1, -0.05) is 30.3 Å². The molecule has 0 bridgehead atoms. The SMILES string of the molecule is Cc1cc2c(cnn2-c2ccc(F)cc2)cc1C1(Cc2ccccc2)CCN([SH](=O)=O)C1. The average Bonchev–Trinajstić information content (AvgIpc) is 3.39. The third-order valence-corrected chi connectivity index (χ3v) is 7.31. The Morgan fingerprint density at radius 1 is 1.06 bits per heavy atom. The average molecular weight is 450 g/mol. The zero-order valence-electron chi connectivity index (χ0n) is 17.7. The van der Waals surface area contributed by atoms with Gasteiger partial charge in [0, 0.05) is 23.9 Å². The van der Waals surface area contributed by atoms with Crippen LogP contribution in [0.25, 0.3) is 16.6 Å². The molecule has 1 aliphatic rings. The fourth-order valence-corrected chi connectivity index (χ4v) is 5.62. The number of hydrogen-bond donors (Lipinski definition) is 1. The Morgan fingerprint density at radius 2 is 1.81 bits per heavy atom. The summed E-state index contributed by atoms with van der Waals surface area (Å²) in [7, 11) is -2.61. The van der Waals surface area contributed by atoms with E-state index < -0.39 is 10.9 Å². The molecule has 1 fully saturated rings. The third-order valence-electron chi connectivity index (χ3n) is 6.51. The molecule has 0 amide bonds. The number of thiol groups is 1. The van der Waals surface area contributed by atoms with Gasteiger partial charge in [0.2, 0.25) is 10.9 Å². The van der Waals surface area contributed by atoms with Crippen molar-refractivity contribution in [3.05, 3.63) is 95.4 Å². The van der Waals surface area contributed by atoms with Gasteiger partial charge in [0.25, 0.3) is 0 Å². The molecule has 5 rings (SSSR count). The lowest BCUT2D eigenvalue weighted by atomic mass is 9.73. The molecular formula is C25H24FN3O2S. The Balaban J connectivity index is 1.61. The molecule has 3 aromatic carbocycles. The number of hydrogen-bond acceptors (Lipinski definition) is 3. The molecule has 5 nitrogen and oxygen atoms in total. The predicted octanol–water partition coefficient (Wildman–Crippen LogP) is 4.19. The number of aromatic nitrogens is 2. The Hall–Kier alpha value is -3.03. The van der Waals surface area contributed by atoms with Gasteiger partial charge in [0.05, 0.1) is 17.4 Å².